The largest absolute Gasteiger partial charge is 0.323 e. The molecule has 0 fully saturated rings. The summed E-state index contributed by atoms with van der Waals surface area (Å²) in [6.07, 6.45) is 2.39. The van der Waals surface area contributed by atoms with Crippen LogP contribution in [0.25, 0.3) is 0 Å². The average Bonchev–Trinajstić information content (AvgIpc) is 2.46. The first-order chi connectivity index (χ1) is 6.56. The van der Waals surface area contributed by atoms with Gasteiger partial charge in [-0.2, -0.15) is 0 Å². The molecule has 0 aliphatic heterocycles. The second kappa shape index (κ2) is 5.64. The van der Waals surface area contributed by atoms with Crippen LogP contribution in [0.3, 0.4) is 0 Å². The molecule has 4 heteroatoms. The van der Waals surface area contributed by atoms with E-state index >= 15 is 0 Å². The highest BCUT2D eigenvalue weighted by atomic mass is 79.9. The van der Waals surface area contributed by atoms with Crippen LogP contribution in [-0.4, -0.2) is 0 Å². The Kier molecular flexibility index (Phi) is 5.11. The van der Waals surface area contributed by atoms with E-state index in [1.165, 1.54) is 17.7 Å². The Labute approximate surface area is 106 Å². The van der Waals surface area contributed by atoms with E-state index in [1.54, 1.807) is 11.3 Å². The third-order valence-corrected chi connectivity index (χ3v) is 5.71. The van der Waals surface area contributed by atoms with Gasteiger partial charge in [0.25, 0.3) is 0 Å². The smallest absolute Gasteiger partial charge is 0.0843 e. The van der Waals surface area contributed by atoms with Crippen molar-refractivity contribution in [2.45, 2.75) is 32.7 Å². The summed E-state index contributed by atoms with van der Waals surface area (Å²) in [6, 6.07) is 2.29. The molecule has 0 radical (unpaired) electrons. The minimum Gasteiger partial charge on any atom is -0.323 e. The molecule has 14 heavy (non-hydrogen) atoms. The lowest BCUT2D eigenvalue weighted by Gasteiger charge is -2.17. The highest BCUT2D eigenvalue weighted by Gasteiger charge is 2.17. The maximum Gasteiger partial charge on any atom is 0.0843 e. The lowest BCUT2D eigenvalue weighted by atomic mass is 9.97. The Morgan fingerprint density at radius 3 is 2.57 bits per heavy atom. The van der Waals surface area contributed by atoms with Crippen LogP contribution in [0.2, 0.25) is 0 Å². The number of hydrogen-bond donors (Lipinski definition) is 1. The van der Waals surface area contributed by atoms with E-state index in [0.29, 0.717) is 5.92 Å². The molecule has 0 aliphatic rings. The standard InChI is InChI=1S/C10H15Br2NS/c1-3-4-6(2)9(13)8-5-7(11)10(12)14-8/h5-6,9H,3-4,13H2,1-2H3. The third-order valence-electron chi connectivity index (χ3n) is 2.35. The molecular formula is C10H15Br2NS. The maximum absolute atomic E-state index is 6.18. The van der Waals surface area contributed by atoms with Crippen LogP contribution >= 0.6 is 43.2 Å². The summed E-state index contributed by atoms with van der Waals surface area (Å²) in [6.45, 7) is 4.42. The molecular weight excluding hydrogens is 326 g/mol. The Morgan fingerprint density at radius 2 is 2.14 bits per heavy atom. The number of halogens is 2. The molecule has 1 rings (SSSR count). The van der Waals surface area contributed by atoms with Gasteiger partial charge in [-0.15, -0.1) is 11.3 Å². The lowest BCUT2D eigenvalue weighted by Crippen LogP contribution is -2.17. The fourth-order valence-electron chi connectivity index (χ4n) is 1.44. The number of nitrogens with two attached hydrogens (primary N) is 1. The predicted molar refractivity (Wildman–Crippen MR) is 70.7 cm³/mol. The van der Waals surface area contributed by atoms with E-state index in [4.69, 9.17) is 5.73 Å². The molecule has 0 spiro atoms. The topological polar surface area (TPSA) is 26.0 Å². The highest BCUT2D eigenvalue weighted by molar-refractivity contribution is 9.13. The quantitative estimate of drug-likeness (QED) is 0.843. The number of thiophene rings is 1. The summed E-state index contributed by atoms with van der Waals surface area (Å²) in [5, 5.41) is 0. The predicted octanol–water partition coefficient (Wildman–Crippen LogP) is 4.71. The van der Waals surface area contributed by atoms with E-state index in [-0.39, 0.29) is 6.04 Å². The molecule has 0 saturated carbocycles. The average molecular weight is 341 g/mol. The van der Waals surface area contributed by atoms with Crippen LogP contribution in [0.5, 0.6) is 0 Å². The fraction of sp³-hybridized carbons (Fsp3) is 0.600. The summed E-state index contributed by atoms with van der Waals surface area (Å²) in [5.41, 5.74) is 6.18. The molecule has 80 valence electrons. The number of rotatable bonds is 4. The Bertz CT molecular complexity index is 279. The Morgan fingerprint density at radius 1 is 1.50 bits per heavy atom. The van der Waals surface area contributed by atoms with Gasteiger partial charge < -0.3 is 5.73 Å². The van der Waals surface area contributed by atoms with Crippen LogP contribution in [-0.2, 0) is 0 Å². The minimum atomic E-state index is 0.169. The second-order valence-electron chi connectivity index (χ2n) is 3.56. The SMILES string of the molecule is CCCC(C)C(N)c1cc(Br)c(Br)s1. The third kappa shape index (κ3) is 3.05. The maximum atomic E-state index is 6.18. The van der Waals surface area contributed by atoms with Crippen molar-refractivity contribution in [2.75, 3.05) is 0 Å². The van der Waals surface area contributed by atoms with Gasteiger partial charge in [0, 0.05) is 15.4 Å². The van der Waals surface area contributed by atoms with Crippen molar-refractivity contribution in [3.8, 4) is 0 Å². The van der Waals surface area contributed by atoms with Crippen LogP contribution < -0.4 is 5.73 Å². The first kappa shape index (κ1) is 12.7. The zero-order valence-corrected chi connectivity index (χ0v) is 12.4. The van der Waals surface area contributed by atoms with Crippen molar-refractivity contribution in [1.82, 2.24) is 0 Å². The molecule has 0 bridgehead atoms. The molecule has 1 aromatic rings. The summed E-state index contributed by atoms with van der Waals surface area (Å²) in [5.74, 6) is 0.553. The lowest BCUT2D eigenvalue weighted by molar-refractivity contribution is 0.438. The van der Waals surface area contributed by atoms with Crippen LogP contribution in [0.4, 0.5) is 0 Å². The van der Waals surface area contributed by atoms with Gasteiger partial charge in [0.05, 0.1) is 3.79 Å². The van der Waals surface area contributed by atoms with E-state index < -0.39 is 0 Å². The molecule has 1 heterocycles. The van der Waals surface area contributed by atoms with Crippen molar-refractivity contribution >= 4 is 43.2 Å². The first-order valence-corrected chi connectivity index (χ1v) is 7.16. The van der Waals surface area contributed by atoms with Crippen LogP contribution in [0, 0.1) is 5.92 Å². The molecule has 0 amide bonds. The summed E-state index contributed by atoms with van der Waals surface area (Å²) in [4.78, 5) is 1.25. The molecule has 1 aromatic heterocycles. The van der Waals surface area contributed by atoms with Gasteiger partial charge in [-0.1, -0.05) is 20.3 Å². The molecule has 0 aliphatic carbocycles. The molecule has 0 saturated heterocycles. The molecule has 2 N–H and O–H groups in total. The van der Waals surface area contributed by atoms with E-state index in [9.17, 15) is 0 Å². The fourth-order valence-corrected chi connectivity index (χ4v) is 3.67. The molecule has 2 atom stereocenters. The number of hydrogen-bond acceptors (Lipinski definition) is 2. The van der Waals surface area contributed by atoms with Crippen molar-refractivity contribution in [2.24, 2.45) is 11.7 Å². The first-order valence-electron chi connectivity index (χ1n) is 4.76. The van der Waals surface area contributed by atoms with Crippen LogP contribution in [0.15, 0.2) is 14.3 Å². The highest BCUT2D eigenvalue weighted by Crippen LogP contribution is 2.37. The van der Waals surface area contributed by atoms with Crippen molar-refractivity contribution < 1.29 is 0 Å². The van der Waals surface area contributed by atoms with Gasteiger partial charge in [0.15, 0.2) is 0 Å². The van der Waals surface area contributed by atoms with E-state index in [0.717, 1.165) is 8.26 Å². The van der Waals surface area contributed by atoms with Crippen molar-refractivity contribution in [3.05, 3.63) is 19.2 Å². The molecule has 2 unspecified atom stereocenters. The van der Waals surface area contributed by atoms with E-state index in [2.05, 4.69) is 51.8 Å². The van der Waals surface area contributed by atoms with Gasteiger partial charge in [0.1, 0.15) is 0 Å². The second-order valence-corrected chi connectivity index (χ2v) is 6.82. The van der Waals surface area contributed by atoms with Crippen molar-refractivity contribution in [1.29, 1.82) is 0 Å². The normalized spacial score (nSPS) is 15.5. The molecule has 1 nitrogen and oxygen atoms in total. The van der Waals surface area contributed by atoms with Gasteiger partial charge in [-0.25, -0.2) is 0 Å². The van der Waals surface area contributed by atoms with Crippen LogP contribution in [0.1, 0.15) is 37.6 Å². The summed E-state index contributed by atoms with van der Waals surface area (Å²) >= 11 is 8.69. The Hall–Kier alpha value is 0.620. The van der Waals surface area contributed by atoms with Gasteiger partial charge in [0.2, 0.25) is 0 Å². The van der Waals surface area contributed by atoms with Gasteiger partial charge in [-0.3, -0.25) is 0 Å². The van der Waals surface area contributed by atoms with Crippen molar-refractivity contribution in [3.63, 3.8) is 0 Å². The summed E-state index contributed by atoms with van der Waals surface area (Å²) in [7, 11) is 0. The summed E-state index contributed by atoms with van der Waals surface area (Å²) < 4.78 is 2.24. The van der Waals surface area contributed by atoms with E-state index in [1.807, 2.05) is 0 Å². The minimum absolute atomic E-state index is 0.169. The monoisotopic (exact) mass is 339 g/mol. The zero-order chi connectivity index (χ0) is 10.7. The zero-order valence-electron chi connectivity index (χ0n) is 8.39. The molecule has 0 aromatic carbocycles. The van der Waals surface area contributed by atoms with Gasteiger partial charge in [-0.05, 0) is 50.3 Å². The Balaban J connectivity index is 2.73. The van der Waals surface area contributed by atoms with Gasteiger partial charge >= 0.3 is 0 Å².